The molecular weight excluding hydrogens is 266 g/mol. The highest BCUT2D eigenvalue weighted by atomic mass is 32.1. The van der Waals surface area contributed by atoms with Crippen LogP contribution in [0.15, 0.2) is 4.79 Å². The van der Waals surface area contributed by atoms with Crippen LogP contribution in [0.3, 0.4) is 0 Å². The Morgan fingerprint density at radius 1 is 1.47 bits per heavy atom. The Balaban J connectivity index is 2.67. The highest BCUT2D eigenvalue weighted by molar-refractivity contribution is 7.71. The van der Waals surface area contributed by atoms with Crippen molar-refractivity contribution in [3.8, 4) is 0 Å². The van der Waals surface area contributed by atoms with E-state index < -0.39 is 11.5 Å². The minimum Gasteiger partial charge on any atom is -0.349 e. The molecule has 0 aliphatic carbocycles. The van der Waals surface area contributed by atoms with Crippen LogP contribution in [0.25, 0.3) is 0 Å². The second kappa shape index (κ2) is 7.15. The van der Waals surface area contributed by atoms with Crippen molar-refractivity contribution in [3.05, 3.63) is 20.8 Å². The van der Waals surface area contributed by atoms with Gasteiger partial charge in [0.1, 0.15) is 0 Å². The lowest BCUT2D eigenvalue weighted by Crippen LogP contribution is -2.38. The lowest BCUT2D eigenvalue weighted by atomic mass is 10.4. The van der Waals surface area contributed by atoms with Crippen LogP contribution in [-0.2, 0) is 7.05 Å². The van der Waals surface area contributed by atoms with E-state index in [-0.39, 0.29) is 10.5 Å². The van der Waals surface area contributed by atoms with Crippen LogP contribution < -0.4 is 10.9 Å². The summed E-state index contributed by atoms with van der Waals surface area (Å²) in [4.78, 5) is 28.0. The monoisotopic (exact) mass is 285 g/mol. The predicted molar refractivity (Wildman–Crippen MR) is 74.8 cm³/mol. The maximum Gasteiger partial charge on any atom is 0.283 e. The minimum absolute atomic E-state index is 0.171. The van der Waals surface area contributed by atoms with Crippen molar-refractivity contribution in [2.75, 3.05) is 26.2 Å². The third-order valence-electron chi connectivity index (χ3n) is 2.80. The van der Waals surface area contributed by atoms with Gasteiger partial charge in [0, 0.05) is 20.1 Å². The van der Waals surface area contributed by atoms with E-state index in [1.165, 1.54) is 4.68 Å². The number of amides is 1. The molecule has 8 heteroatoms. The molecule has 19 heavy (non-hydrogen) atoms. The molecule has 0 radical (unpaired) electrons. The van der Waals surface area contributed by atoms with E-state index in [2.05, 4.69) is 34.1 Å². The van der Waals surface area contributed by atoms with Gasteiger partial charge in [-0.15, -0.1) is 0 Å². The van der Waals surface area contributed by atoms with E-state index >= 15 is 0 Å². The van der Waals surface area contributed by atoms with Gasteiger partial charge in [0.15, 0.2) is 4.77 Å². The van der Waals surface area contributed by atoms with E-state index in [4.69, 9.17) is 12.2 Å². The second-order valence-electron chi connectivity index (χ2n) is 4.01. The number of aromatic nitrogens is 3. The van der Waals surface area contributed by atoms with E-state index in [1.807, 2.05) is 0 Å². The van der Waals surface area contributed by atoms with Crippen LogP contribution in [0.4, 0.5) is 0 Å². The van der Waals surface area contributed by atoms with Crippen molar-refractivity contribution in [2.24, 2.45) is 7.05 Å². The maximum absolute atomic E-state index is 11.8. The maximum atomic E-state index is 11.8. The molecule has 0 aliphatic rings. The lowest BCUT2D eigenvalue weighted by molar-refractivity contribution is 0.0939. The number of carbonyl (C=O) groups excluding carboxylic acids is 1. The van der Waals surface area contributed by atoms with Gasteiger partial charge in [-0.25, -0.2) is 4.68 Å². The zero-order valence-electron chi connectivity index (χ0n) is 11.4. The Morgan fingerprint density at radius 3 is 2.68 bits per heavy atom. The lowest BCUT2D eigenvalue weighted by Gasteiger charge is -2.17. The van der Waals surface area contributed by atoms with Crippen LogP contribution in [0.5, 0.6) is 0 Å². The summed E-state index contributed by atoms with van der Waals surface area (Å²) in [7, 11) is 1.57. The molecule has 0 saturated carbocycles. The summed E-state index contributed by atoms with van der Waals surface area (Å²) in [6, 6.07) is 0. The molecule has 1 rings (SSSR count). The number of hydrogen-bond donors (Lipinski definition) is 2. The molecule has 0 spiro atoms. The Kier molecular flexibility index (Phi) is 5.84. The van der Waals surface area contributed by atoms with Crippen molar-refractivity contribution in [2.45, 2.75) is 13.8 Å². The number of aromatic amines is 1. The Morgan fingerprint density at radius 2 is 2.11 bits per heavy atom. The number of nitrogens with one attached hydrogen (secondary N) is 2. The zero-order valence-corrected chi connectivity index (χ0v) is 12.2. The van der Waals surface area contributed by atoms with Crippen molar-refractivity contribution in [3.63, 3.8) is 0 Å². The Labute approximate surface area is 116 Å². The Hall–Kier alpha value is -1.54. The molecular formula is C11H19N5O2S. The number of H-pyrrole nitrogens is 1. The molecule has 0 aromatic carbocycles. The molecule has 1 amide bonds. The van der Waals surface area contributed by atoms with Gasteiger partial charge in [0.2, 0.25) is 5.69 Å². The van der Waals surface area contributed by atoms with E-state index in [9.17, 15) is 9.59 Å². The first-order valence-corrected chi connectivity index (χ1v) is 6.58. The zero-order chi connectivity index (χ0) is 14.4. The van der Waals surface area contributed by atoms with Crippen LogP contribution in [0.1, 0.15) is 24.3 Å². The van der Waals surface area contributed by atoms with Gasteiger partial charge in [-0.05, 0) is 25.3 Å². The summed E-state index contributed by atoms with van der Waals surface area (Å²) < 4.78 is 1.47. The fraction of sp³-hybridized carbons (Fsp3) is 0.636. The number of carbonyl (C=O) groups is 1. The minimum atomic E-state index is -0.566. The summed E-state index contributed by atoms with van der Waals surface area (Å²) in [5, 5.41) is 6.53. The van der Waals surface area contributed by atoms with E-state index in [0.29, 0.717) is 6.54 Å². The first-order valence-electron chi connectivity index (χ1n) is 6.17. The molecule has 0 atom stereocenters. The number of hydrogen-bond acceptors (Lipinski definition) is 5. The third-order valence-corrected chi connectivity index (χ3v) is 3.17. The number of likely N-dealkylation sites (N-methyl/N-ethyl adjacent to an activating group) is 1. The number of aryl methyl sites for hydroxylation is 1. The SMILES string of the molecule is CCN(CC)CCNC(=O)c1nn(C)c(=S)[nH]c1=O. The van der Waals surface area contributed by atoms with Crippen LogP contribution in [-0.4, -0.2) is 51.8 Å². The number of rotatable bonds is 6. The Bertz CT molecular complexity index is 547. The molecule has 0 unspecified atom stereocenters. The molecule has 1 aromatic heterocycles. The number of nitrogens with zero attached hydrogens (tertiary/aromatic N) is 3. The first kappa shape index (κ1) is 15.5. The quantitative estimate of drug-likeness (QED) is 0.714. The molecule has 0 fully saturated rings. The van der Waals surface area contributed by atoms with Crippen molar-refractivity contribution >= 4 is 18.1 Å². The van der Waals surface area contributed by atoms with Gasteiger partial charge in [0.25, 0.3) is 11.5 Å². The fourth-order valence-corrected chi connectivity index (χ4v) is 1.71. The topological polar surface area (TPSA) is 83.0 Å². The van der Waals surface area contributed by atoms with E-state index in [1.54, 1.807) is 7.05 Å². The van der Waals surface area contributed by atoms with Crippen molar-refractivity contribution < 1.29 is 4.79 Å². The van der Waals surface area contributed by atoms with Gasteiger partial charge in [0.05, 0.1) is 0 Å². The van der Waals surface area contributed by atoms with Gasteiger partial charge in [-0.3, -0.25) is 14.6 Å². The highest BCUT2D eigenvalue weighted by Crippen LogP contribution is 1.87. The molecule has 0 aliphatic heterocycles. The molecule has 0 bridgehead atoms. The summed E-state index contributed by atoms with van der Waals surface area (Å²) in [6.45, 7) is 7.16. The van der Waals surface area contributed by atoms with Gasteiger partial charge in [-0.1, -0.05) is 13.8 Å². The van der Waals surface area contributed by atoms with Crippen LogP contribution in [0, 0.1) is 4.77 Å². The summed E-state index contributed by atoms with van der Waals surface area (Å²) in [5.74, 6) is -0.487. The molecule has 7 nitrogen and oxygen atoms in total. The summed E-state index contributed by atoms with van der Waals surface area (Å²) in [5.41, 5.74) is -0.737. The molecule has 106 valence electrons. The average Bonchev–Trinajstić information content (AvgIpc) is 2.38. The van der Waals surface area contributed by atoms with Crippen LogP contribution >= 0.6 is 12.2 Å². The van der Waals surface area contributed by atoms with E-state index in [0.717, 1.165) is 19.6 Å². The third kappa shape index (κ3) is 4.25. The van der Waals surface area contributed by atoms with Crippen molar-refractivity contribution in [1.82, 2.24) is 25.0 Å². The van der Waals surface area contributed by atoms with Gasteiger partial charge >= 0.3 is 0 Å². The first-order chi connectivity index (χ1) is 8.99. The molecule has 2 N–H and O–H groups in total. The standard InChI is InChI=1S/C11H19N5O2S/c1-4-16(5-2)7-6-12-9(17)8-10(18)13-11(19)15(3)14-8/h4-7H2,1-3H3,(H,12,17)(H,13,18,19). The molecule has 1 heterocycles. The summed E-state index contributed by atoms with van der Waals surface area (Å²) >= 11 is 4.85. The highest BCUT2D eigenvalue weighted by Gasteiger charge is 2.13. The second-order valence-corrected chi connectivity index (χ2v) is 4.40. The van der Waals surface area contributed by atoms with Gasteiger partial charge < -0.3 is 10.2 Å². The largest absolute Gasteiger partial charge is 0.349 e. The van der Waals surface area contributed by atoms with Crippen LogP contribution in [0.2, 0.25) is 0 Å². The summed E-state index contributed by atoms with van der Waals surface area (Å²) in [6.07, 6.45) is 0. The average molecular weight is 285 g/mol. The van der Waals surface area contributed by atoms with Gasteiger partial charge in [-0.2, -0.15) is 5.10 Å². The van der Waals surface area contributed by atoms with Crippen molar-refractivity contribution in [1.29, 1.82) is 0 Å². The fourth-order valence-electron chi connectivity index (χ4n) is 1.58. The molecule has 0 saturated heterocycles. The smallest absolute Gasteiger partial charge is 0.283 e. The predicted octanol–water partition coefficient (Wildman–Crippen LogP) is -0.0905. The molecule has 1 aromatic rings. The normalized spacial score (nSPS) is 10.7.